The molecule has 4 N–H and O–H groups in total. The number of hydrogen-bond donors (Lipinski definition) is 4. The van der Waals surface area contributed by atoms with E-state index < -0.39 is 28.7 Å². The van der Waals surface area contributed by atoms with Crippen LogP contribution in [0.15, 0.2) is 23.0 Å². The van der Waals surface area contributed by atoms with Gasteiger partial charge in [0.25, 0.3) is 11.5 Å². The quantitative estimate of drug-likeness (QED) is 0.635. The zero-order valence-corrected chi connectivity index (χ0v) is 11.1. The van der Waals surface area contributed by atoms with Gasteiger partial charge in [-0.15, -0.1) is 0 Å². The second-order valence-corrected chi connectivity index (χ2v) is 4.48. The van der Waals surface area contributed by atoms with Crippen molar-refractivity contribution in [2.75, 3.05) is 5.32 Å². The van der Waals surface area contributed by atoms with E-state index in [1.807, 2.05) is 0 Å². The molecule has 2 rings (SSSR count). The highest BCUT2D eigenvalue weighted by molar-refractivity contribution is 7.71. The summed E-state index contributed by atoms with van der Waals surface area (Å²) in [5, 5.41) is 11.7. The van der Waals surface area contributed by atoms with E-state index >= 15 is 0 Å². The first-order valence-electron chi connectivity index (χ1n) is 5.51. The van der Waals surface area contributed by atoms with Crippen molar-refractivity contribution in [3.8, 4) is 5.88 Å². The molecule has 8 heteroatoms. The maximum Gasteiger partial charge on any atom is 0.268 e. The zero-order chi connectivity index (χ0) is 14.9. The second-order valence-electron chi connectivity index (χ2n) is 4.07. The van der Waals surface area contributed by atoms with Crippen molar-refractivity contribution < 1.29 is 14.3 Å². The molecule has 0 saturated heterocycles. The van der Waals surface area contributed by atoms with Crippen LogP contribution in [0.3, 0.4) is 0 Å². The van der Waals surface area contributed by atoms with Crippen molar-refractivity contribution in [3.05, 3.63) is 50.3 Å². The first-order valence-corrected chi connectivity index (χ1v) is 5.92. The summed E-state index contributed by atoms with van der Waals surface area (Å²) in [4.78, 5) is 27.9. The Labute approximate surface area is 117 Å². The molecule has 0 aliphatic rings. The van der Waals surface area contributed by atoms with Gasteiger partial charge in [0.2, 0.25) is 5.88 Å². The van der Waals surface area contributed by atoms with E-state index in [4.69, 9.17) is 0 Å². The molecule has 6 nitrogen and oxygen atoms in total. The van der Waals surface area contributed by atoms with Gasteiger partial charge in [-0.05, 0) is 36.8 Å². The number of aromatic amines is 2. The SMILES string of the molecule is Cc1ccc(NC(=O)c2c(O)[nH]c(=S)[nH]c2=O)c(F)c1. The van der Waals surface area contributed by atoms with Gasteiger partial charge in [-0.2, -0.15) is 0 Å². The van der Waals surface area contributed by atoms with Crippen molar-refractivity contribution in [2.45, 2.75) is 6.92 Å². The summed E-state index contributed by atoms with van der Waals surface area (Å²) in [6.07, 6.45) is 0. The average Bonchev–Trinajstić information content (AvgIpc) is 2.31. The van der Waals surface area contributed by atoms with Gasteiger partial charge in [0.1, 0.15) is 5.82 Å². The lowest BCUT2D eigenvalue weighted by Gasteiger charge is -2.07. The van der Waals surface area contributed by atoms with E-state index in [1.165, 1.54) is 12.1 Å². The molecule has 0 atom stereocenters. The maximum atomic E-state index is 13.6. The van der Waals surface area contributed by atoms with Gasteiger partial charge in [-0.1, -0.05) is 6.07 Å². The molecular formula is C12H10FN3O3S. The summed E-state index contributed by atoms with van der Waals surface area (Å²) in [7, 11) is 0. The lowest BCUT2D eigenvalue weighted by Crippen LogP contribution is -2.24. The molecular weight excluding hydrogens is 285 g/mol. The highest BCUT2D eigenvalue weighted by Gasteiger charge is 2.18. The van der Waals surface area contributed by atoms with Crippen molar-refractivity contribution in [1.29, 1.82) is 0 Å². The van der Waals surface area contributed by atoms with Crippen LogP contribution in [0.1, 0.15) is 15.9 Å². The predicted octanol–water partition coefficient (Wildman–Crippen LogP) is 1.84. The number of nitrogens with one attached hydrogen (secondary N) is 3. The lowest BCUT2D eigenvalue weighted by atomic mass is 10.2. The Bertz CT molecular complexity index is 797. The Morgan fingerprint density at radius 1 is 1.40 bits per heavy atom. The minimum atomic E-state index is -0.947. The van der Waals surface area contributed by atoms with Gasteiger partial charge in [0.05, 0.1) is 5.69 Å². The van der Waals surface area contributed by atoms with E-state index in [1.54, 1.807) is 13.0 Å². The number of aryl methyl sites for hydroxylation is 1. The second kappa shape index (κ2) is 5.25. The standard InChI is InChI=1S/C12H10FN3O3S/c1-5-2-3-7(6(13)4-5)14-9(17)8-10(18)15-12(20)16-11(8)19/h2-4H,1H3,(H,14,17)(H3,15,16,18,19,20). The maximum absolute atomic E-state index is 13.6. The molecule has 2 aromatic rings. The fraction of sp³-hybridized carbons (Fsp3) is 0.0833. The molecule has 1 aromatic heterocycles. The number of carbonyl (C=O) groups excluding carboxylic acids is 1. The van der Waals surface area contributed by atoms with Crippen LogP contribution < -0.4 is 10.9 Å². The van der Waals surface area contributed by atoms with Crippen LogP contribution in [-0.2, 0) is 0 Å². The number of amides is 1. The molecule has 0 radical (unpaired) electrons. The Balaban J connectivity index is 2.38. The van der Waals surface area contributed by atoms with Gasteiger partial charge in [-0.3, -0.25) is 14.6 Å². The minimum Gasteiger partial charge on any atom is -0.494 e. The molecule has 104 valence electrons. The summed E-state index contributed by atoms with van der Waals surface area (Å²) in [6, 6.07) is 4.19. The Morgan fingerprint density at radius 2 is 2.10 bits per heavy atom. The van der Waals surface area contributed by atoms with Crippen molar-refractivity contribution in [3.63, 3.8) is 0 Å². The van der Waals surface area contributed by atoms with Crippen LogP contribution in [0, 0.1) is 17.5 Å². The topological polar surface area (TPSA) is 98.0 Å². The van der Waals surface area contributed by atoms with E-state index in [9.17, 15) is 19.1 Å². The van der Waals surface area contributed by atoms with Crippen LogP contribution in [0.4, 0.5) is 10.1 Å². The molecule has 0 bridgehead atoms. The summed E-state index contributed by atoms with van der Waals surface area (Å²) in [5.41, 5.74) is -0.846. The van der Waals surface area contributed by atoms with Gasteiger partial charge in [0, 0.05) is 0 Å². The average molecular weight is 295 g/mol. The van der Waals surface area contributed by atoms with Crippen LogP contribution in [0.25, 0.3) is 0 Å². The number of carbonyl (C=O) groups is 1. The number of rotatable bonds is 2. The number of anilines is 1. The summed E-state index contributed by atoms with van der Waals surface area (Å²) in [5.74, 6) is -2.26. The largest absolute Gasteiger partial charge is 0.494 e. The van der Waals surface area contributed by atoms with Gasteiger partial charge < -0.3 is 15.4 Å². The number of aromatic hydroxyl groups is 1. The third kappa shape index (κ3) is 2.75. The Morgan fingerprint density at radius 3 is 2.70 bits per heavy atom. The number of aromatic nitrogens is 2. The summed E-state index contributed by atoms with van der Waals surface area (Å²) >= 11 is 4.64. The van der Waals surface area contributed by atoms with Gasteiger partial charge in [0.15, 0.2) is 10.3 Å². The van der Waals surface area contributed by atoms with E-state index in [0.29, 0.717) is 5.56 Å². The molecule has 1 heterocycles. The molecule has 0 fully saturated rings. The van der Waals surface area contributed by atoms with Crippen molar-refractivity contribution in [2.24, 2.45) is 0 Å². The highest BCUT2D eigenvalue weighted by Crippen LogP contribution is 2.17. The molecule has 20 heavy (non-hydrogen) atoms. The fourth-order valence-corrected chi connectivity index (χ4v) is 1.78. The van der Waals surface area contributed by atoms with Crippen LogP contribution in [0.2, 0.25) is 0 Å². The molecule has 0 aliphatic carbocycles. The third-order valence-electron chi connectivity index (χ3n) is 2.52. The summed E-state index contributed by atoms with van der Waals surface area (Å²) in [6.45, 7) is 1.70. The predicted molar refractivity (Wildman–Crippen MR) is 73.0 cm³/mol. The number of halogens is 1. The number of H-pyrrole nitrogens is 2. The van der Waals surface area contributed by atoms with E-state index in [-0.39, 0.29) is 10.5 Å². The Kier molecular flexibility index (Phi) is 3.66. The smallest absolute Gasteiger partial charge is 0.268 e. The third-order valence-corrected chi connectivity index (χ3v) is 2.73. The minimum absolute atomic E-state index is 0.0955. The van der Waals surface area contributed by atoms with Gasteiger partial charge in [-0.25, -0.2) is 4.39 Å². The zero-order valence-electron chi connectivity index (χ0n) is 10.3. The fourth-order valence-electron chi connectivity index (χ4n) is 1.59. The van der Waals surface area contributed by atoms with Crippen molar-refractivity contribution >= 4 is 23.8 Å². The van der Waals surface area contributed by atoms with Crippen LogP contribution in [0.5, 0.6) is 5.88 Å². The lowest BCUT2D eigenvalue weighted by molar-refractivity contribution is 0.102. The van der Waals surface area contributed by atoms with Crippen LogP contribution in [-0.4, -0.2) is 21.0 Å². The van der Waals surface area contributed by atoms with Crippen LogP contribution >= 0.6 is 12.2 Å². The molecule has 1 aromatic carbocycles. The Hall–Kier alpha value is -2.48. The highest BCUT2D eigenvalue weighted by atomic mass is 32.1. The molecule has 0 aliphatic heterocycles. The molecule has 0 saturated carbocycles. The van der Waals surface area contributed by atoms with Gasteiger partial charge >= 0.3 is 0 Å². The monoisotopic (exact) mass is 295 g/mol. The summed E-state index contributed by atoms with van der Waals surface area (Å²) < 4.78 is 13.5. The molecule has 1 amide bonds. The number of hydrogen-bond acceptors (Lipinski definition) is 4. The molecule has 0 spiro atoms. The van der Waals surface area contributed by atoms with E-state index in [0.717, 1.165) is 0 Å². The van der Waals surface area contributed by atoms with E-state index in [2.05, 4.69) is 27.5 Å². The number of benzene rings is 1. The van der Waals surface area contributed by atoms with Crippen molar-refractivity contribution in [1.82, 2.24) is 9.97 Å². The first kappa shape index (κ1) is 13.9. The normalized spacial score (nSPS) is 10.3. The first-order chi connectivity index (χ1) is 9.38. The molecule has 0 unspecified atom stereocenters.